The minimum Gasteiger partial charge on any atom is -0.496 e. The van der Waals surface area contributed by atoms with Crippen LogP contribution in [0.25, 0.3) is 0 Å². The summed E-state index contributed by atoms with van der Waals surface area (Å²) in [7, 11) is 1.60. The second-order valence-corrected chi connectivity index (χ2v) is 5.95. The van der Waals surface area contributed by atoms with Crippen LogP contribution in [0.1, 0.15) is 25.5 Å². The van der Waals surface area contributed by atoms with Gasteiger partial charge in [0.1, 0.15) is 5.75 Å². The van der Waals surface area contributed by atoms with Gasteiger partial charge in [-0.1, -0.05) is 6.07 Å². The van der Waals surface area contributed by atoms with E-state index in [4.69, 9.17) is 21.7 Å². The van der Waals surface area contributed by atoms with E-state index in [-0.39, 0.29) is 12.0 Å². The first-order valence-electron chi connectivity index (χ1n) is 6.76. The molecule has 0 unspecified atom stereocenters. The van der Waals surface area contributed by atoms with Crippen molar-refractivity contribution in [3.63, 3.8) is 0 Å². The van der Waals surface area contributed by atoms with Crippen molar-refractivity contribution in [1.82, 2.24) is 10.6 Å². The minimum absolute atomic E-state index is 0.319. The molecule has 2 rings (SSSR count). The van der Waals surface area contributed by atoms with Crippen LogP contribution in [0.2, 0.25) is 0 Å². The van der Waals surface area contributed by atoms with Crippen molar-refractivity contribution in [2.75, 3.05) is 13.7 Å². The molecule has 1 aromatic carbocycles. The second kappa shape index (κ2) is 7.11. The molecule has 0 aliphatic carbocycles. The number of carbonyl (C=O) groups is 1. The van der Waals surface area contributed by atoms with Crippen LogP contribution in [0.3, 0.4) is 0 Å². The Labute approximate surface area is 143 Å². The van der Waals surface area contributed by atoms with Gasteiger partial charge in [-0.05, 0) is 59.7 Å². The van der Waals surface area contributed by atoms with E-state index in [2.05, 4.69) is 26.6 Å². The molecule has 22 heavy (non-hydrogen) atoms. The first kappa shape index (κ1) is 16.8. The first-order valence-corrected chi connectivity index (χ1v) is 7.96. The average Bonchev–Trinajstić information content (AvgIpc) is 2.46. The Kier molecular flexibility index (Phi) is 5.42. The monoisotopic (exact) mass is 384 g/mol. The standard InChI is InChI=1S/C15H17BrN2O3S/c1-4-21-14(19)12-8(2)17-15(22)18-13(12)9-5-6-11(20-3)10(16)7-9/h5-7,13H,4H2,1-3H3,(H2,17,18,22)/t13-/m1/s1. The fourth-order valence-electron chi connectivity index (χ4n) is 2.29. The van der Waals surface area contributed by atoms with Gasteiger partial charge in [0.2, 0.25) is 0 Å². The Morgan fingerprint density at radius 2 is 2.18 bits per heavy atom. The molecule has 0 saturated carbocycles. The van der Waals surface area contributed by atoms with Gasteiger partial charge in [0, 0.05) is 5.70 Å². The number of methoxy groups -OCH3 is 1. The minimum atomic E-state index is -0.366. The average molecular weight is 385 g/mol. The van der Waals surface area contributed by atoms with Crippen molar-refractivity contribution < 1.29 is 14.3 Å². The van der Waals surface area contributed by atoms with Gasteiger partial charge >= 0.3 is 5.97 Å². The van der Waals surface area contributed by atoms with Crippen LogP contribution in [0.5, 0.6) is 5.75 Å². The van der Waals surface area contributed by atoms with E-state index in [1.165, 1.54) is 0 Å². The Morgan fingerprint density at radius 3 is 2.77 bits per heavy atom. The summed E-state index contributed by atoms with van der Waals surface area (Å²) < 4.78 is 11.2. The van der Waals surface area contributed by atoms with Crippen LogP contribution in [0.4, 0.5) is 0 Å². The number of carbonyl (C=O) groups excluding carboxylic acids is 1. The third kappa shape index (κ3) is 3.41. The summed E-state index contributed by atoms with van der Waals surface area (Å²) in [6.07, 6.45) is 0. The first-order chi connectivity index (χ1) is 10.5. The number of benzene rings is 1. The van der Waals surface area contributed by atoms with E-state index in [9.17, 15) is 4.79 Å². The van der Waals surface area contributed by atoms with Gasteiger partial charge in [0.15, 0.2) is 5.11 Å². The molecule has 1 heterocycles. The molecule has 7 heteroatoms. The van der Waals surface area contributed by atoms with Crippen molar-refractivity contribution in [3.8, 4) is 5.75 Å². The largest absolute Gasteiger partial charge is 0.496 e. The Hall–Kier alpha value is -1.60. The quantitative estimate of drug-likeness (QED) is 0.614. The smallest absolute Gasteiger partial charge is 0.338 e. The maximum absolute atomic E-state index is 12.3. The predicted octanol–water partition coefficient (Wildman–Crippen LogP) is 2.81. The van der Waals surface area contributed by atoms with E-state index in [0.29, 0.717) is 23.0 Å². The predicted molar refractivity (Wildman–Crippen MR) is 91.6 cm³/mol. The highest BCUT2D eigenvalue weighted by Gasteiger charge is 2.31. The molecule has 1 aliphatic heterocycles. The van der Waals surface area contributed by atoms with Gasteiger partial charge in [-0.2, -0.15) is 0 Å². The van der Waals surface area contributed by atoms with Crippen molar-refractivity contribution in [2.45, 2.75) is 19.9 Å². The number of halogens is 1. The maximum Gasteiger partial charge on any atom is 0.338 e. The molecular weight excluding hydrogens is 368 g/mol. The van der Waals surface area contributed by atoms with Gasteiger partial charge < -0.3 is 20.1 Å². The number of ether oxygens (including phenoxy) is 2. The van der Waals surface area contributed by atoms with Gasteiger partial charge in [-0.3, -0.25) is 0 Å². The SMILES string of the molecule is CCOC(=O)C1=C(C)NC(=S)N[C@@H]1c1ccc(OC)c(Br)c1. The van der Waals surface area contributed by atoms with Crippen LogP contribution >= 0.6 is 28.1 Å². The Morgan fingerprint density at radius 1 is 1.45 bits per heavy atom. The molecule has 0 spiro atoms. The molecular formula is C15H17BrN2O3S. The normalized spacial score (nSPS) is 17.6. The fraction of sp³-hybridized carbons (Fsp3) is 0.333. The highest BCUT2D eigenvalue weighted by molar-refractivity contribution is 9.10. The summed E-state index contributed by atoms with van der Waals surface area (Å²) in [5.41, 5.74) is 2.10. The molecule has 0 aromatic heterocycles. The van der Waals surface area contributed by atoms with Crippen LogP contribution in [-0.4, -0.2) is 24.8 Å². The molecule has 0 fully saturated rings. The zero-order valence-corrected chi connectivity index (χ0v) is 14.9. The maximum atomic E-state index is 12.3. The number of hydrogen-bond donors (Lipinski definition) is 2. The lowest BCUT2D eigenvalue weighted by Crippen LogP contribution is -2.45. The van der Waals surface area contributed by atoms with Crippen molar-refractivity contribution in [3.05, 3.63) is 39.5 Å². The number of thiocarbonyl (C=S) groups is 1. The number of rotatable bonds is 4. The number of allylic oxidation sites excluding steroid dienone is 1. The summed E-state index contributed by atoms with van der Waals surface area (Å²) in [4.78, 5) is 12.3. The van der Waals surface area contributed by atoms with Crippen LogP contribution in [0, 0.1) is 0 Å². The zero-order chi connectivity index (χ0) is 16.3. The summed E-state index contributed by atoms with van der Waals surface area (Å²) in [5, 5.41) is 6.56. The highest BCUT2D eigenvalue weighted by atomic mass is 79.9. The lowest BCUT2D eigenvalue weighted by molar-refractivity contribution is -0.139. The Balaban J connectivity index is 2.45. The highest BCUT2D eigenvalue weighted by Crippen LogP contribution is 2.33. The van der Waals surface area contributed by atoms with E-state index < -0.39 is 0 Å². The molecule has 5 nitrogen and oxygen atoms in total. The third-order valence-corrected chi connectivity index (χ3v) is 4.11. The van der Waals surface area contributed by atoms with E-state index in [1.54, 1.807) is 14.0 Å². The molecule has 1 atom stereocenters. The topological polar surface area (TPSA) is 59.6 Å². The van der Waals surface area contributed by atoms with E-state index in [0.717, 1.165) is 15.8 Å². The zero-order valence-electron chi connectivity index (χ0n) is 12.5. The molecule has 0 radical (unpaired) electrons. The van der Waals surface area contributed by atoms with Crippen LogP contribution in [0.15, 0.2) is 33.9 Å². The molecule has 0 saturated heterocycles. The van der Waals surface area contributed by atoms with Crippen molar-refractivity contribution in [1.29, 1.82) is 0 Å². The number of nitrogens with one attached hydrogen (secondary N) is 2. The molecule has 2 N–H and O–H groups in total. The van der Waals surface area contributed by atoms with Gasteiger partial charge in [-0.25, -0.2) is 4.79 Å². The third-order valence-electron chi connectivity index (χ3n) is 3.27. The van der Waals surface area contributed by atoms with Gasteiger partial charge in [-0.15, -0.1) is 0 Å². The van der Waals surface area contributed by atoms with Gasteiger partial charge in [0.05, 0.1) is 29.8 Å². The lowest BCUT2D eigenvalue weighted by Gasteiger charge is -2.30. The number of esters is 1. The summed E-state index contributed by atoms with van der Waals surface area (Å²) in [5.74, 6) is 0.359. The molecule has 1 aliphatic rings. The van der Waals surface area contributed by atoms with Crippen molar-refractivity contribution in [2.24, 2.45) is 0 Å². The summed E-state index contributed by atoms with van der Waals surface area (Å²) in [6.45, 7) is 3.91. The molecule has 0 bridgehead atoms. The van der Waals surface area contributed by atoms with Crippen LogP contribution < -0.4 is 15.4 Å². The lowest BCUT2D eigenvalue weighted by atomic mass is 9.95. The van der Waals surface area contributed by atoms with Crippen LogP contribution in [-0.2, 0) is 9.53 Å². The van der Waals surface area contributed by atoms with Gasteiger partial charge in [0.25, 0.3) is 0 Å². The Bertz CT molecular complexity index is 646. The molecule has 118 valence electrons. The number of hydrogen-bond acceptors (Lipinski definition) is 4. The van der Waals surface area contributed by atoms with Crippen molar-refractivity contribution >= 4 is 39.2 Å². The van der Waals surface area contributed by atoms with E-state index in [1.807, 2.05) is 25.1 Å². The summed E-state index contributed by atoms with van der Waals surface area (Å²) in [6, 6.07) is 5.26. The second-order valence-electron chi connectivity index (χ2n) is 4.68. The fourth-order valence-corrected chi connectivity index (χ4v) is 3.11. The van der Waals surface area contributed by atoms with E-state index >= 15 is 0 Å². The molecule has 1 aromatic rings. The summed E-state index contributed by atoms with van der Waals surface area (Å²) >= 11 is 8.66. The molecule has 0 amide bonds.